The van der Waals surface area contributed by atoms with Crippen molar-refractivity contribution in [2.45, 2.75) is 19.9 Å². The fourth-order valence-electron chi connectivity index (χ4n) is 1.50. The molecule has 0 fully saturated rings. The molecule has 0 bridgehead atoms. The van der Waals surface area contributed by atoms with E-state index in [1.807, 2.05) is 12.1 Å². The lowest BCUT2D eigenvalue weighted by molar-refractivity contribution is 0.334. The molecular formula is C13H17N5. The van der Waals surface area contributed by atoms with Gasteiger partial charge in [-0.3, -0.25) is 4.90 Å². The number of hydrogen-bond acceptors (Lipinski definition) is 5. The third-order valence-electron chi connectivity index (χ3n) is 2.38. The number of aromatic nitrogens is 1. The average molecular weight is 243 g/mol. The molecule has 0 amide bonds. The molecule has 0 aliphatic rings. The Labute approximate surface area is 108 Å². The summed E-state index contributed by atoms with van der Waals surface area (Å²) in [7, 11) is 0. The molecule has 5 heteroatoms. The number of anilines is 1. The predicted molar refractivity (Wildman–Crippen MR) is 69.5 cm³/mol. The van der Waals surface area contributed by atoms with E-state index in [-0.39, 0.29) is 13.1 Å². The van der Waals surface area contributed by atoms with Crippen molar-refractivity contribution in [1.82, 2.24) is 9.88 Å². The van der Waals surface area contributed by atoms with Crippen molar-refractivity contribution in [3.05, 3.63) is 23.9 Å². The lowest BCUT2D eigenvalue weighted by atomic mass is 10.2. The van der Waals surface area contributed by atoms with E-state index in [0.717, 1.165) is 24.3 Å². The van der Waals surface area contributed by atoms with Gasteiger partial charge in [0.25, 0.3) is 0 Å². The first-order valence-corrected chi connectivity index (χ1v) is 5.95. The molecular weight excluding hydrogens is 226 g/mol. The number of rotatable bonds is 7. The first-order chi connectivity index (χ1) is 8.80. The number of nitriles is 2. The second-order valence-corrected chi connectivity index (χ2v) is 3.94. The van der Waals surface area contributed by atoms with Gasteiger partial charge in [0.05, 0.1) is 25.2 Å². The van der Waals surface area contributed by atoms with Crippen molar-refractivity contribution in [2.75, 3.05) is 25.0 Å². The first-order valence-electron chi connectivity index (χ1n) is 5.95. The molecule has 1 rings (SSSR count). The molecule has 94 valence electrons. The van der Waals surface area contributed by atoms with Gasteiger partial charge in [0.2, 0.25) is 0 Å². The molecule has 0 spiro atoms. The van der Waals surface area contributed by atoms with Crippen LogP contribution in [0.4, 0.5) is 5.82 Å². The van der Waals surface area contributed by atoms with Gasteiger partial charge in [-0.05, 0) is 18.1 Å². The minimum Gasteiger partial charge on any atom is -0.370 e. The summed E-state index contributed by atoms with van der Waals surface area (Å²) in [6, 6.07) is 7.99. The van der Waals surface area contributed by atoms with Crippen LogP contribution in [-0.4, -0.2) is 29.5 Å². The van der Waals surface area contributed by atoms with Gasteiger partial charge >= 0.3 is 0 Å². The van der Waals surface area contributed by atoms with Crippen LogP contribution in [0.15, 0.2) is 18.3 Å². The third kappa shape index (κ3) is 4.82. The van der Waals surface area contributed by atoms with Gasteiger partial charge in [-0.25, -0.2) is 4.98 Å². The minimum absolute atomic E-state index is 0.253. The smallest absolute Gasteiger partial charge is 0.125 e. The van der Waals surface area contributed by atoms with Crippen LogP contribution in [0.3, 0.4) is 0 Å². The normalized spacial score (nSPS) is 9.78. The Morgan fingerprint density at radius 2 is 2.00 bits per heavy atom. The molecule has 1 aromatic rings. The summed E-state index contributed by atoms with van der Waals surface area (Å²) < 4.78 is 0. The molecule has 0 saturated carbocycles. The highest BCUT2D eigenvalue weighted by Gasteiger charge is 2.05. The van der Waals surface area contributed by atoms with Gasteiger partial charge in [-0.15, -0.1) is 0 Å². The molecule has 1 N–H and O–H groups in total. The zero-order chi connectivity index (χ0) is 13.2. The summed E-state index contributed by atoms with van der Waals surface area (Å²) in [5.74, 6) is 0.854. The Balaban J connectivity index is 2.56. The van der Waals surface area contributed by atoms with Crippen LogP contribution in [0.2, 0.25) is 0 Å². The van der Waals surface area contributed by atoms with E-state index in [9.17, 15) is 0 Å². The minimum atomic E-state index is 0.253. The highest BCUT2D eigenvalue weighted by atomic mass is 15.1. The van der Waals surface area contributed by atoms with Crippen molar-refractivity contribution < 1.29 is 0 Å². The molecule has 18 heavy (non-hydrogen) atoms. The largest absolute Gasteiger partial charge is 0.370 e. The van der Waals surface area contributed by atoms with Gasteiger partial charge in [0, 0.05) is 19.3 Å². The highest BCUT2D eigenvalue weighted by molar-refractivity contribution is 5.35. The van der Waals surface area contributed by atoms with Crippen LogP contribution in [-0.2, 0) is 6.54 Å². The maximum absolute atomic E-state index is 8.66. The highest BCUT2D eigenvalue weighted by Crippen LogP contribution is 2.07. The third-order valence-corrected chi connectivity index (χ3v) is 2.38. The predicted octanol–water partition coefficient (Wildman–Crippen LogP) is 1.75. The van der Waals surface area contributed by atoms with Crippen molar-refractivity contribution in [2.24, 2.45) is 0 Å². The van der Waals surface area contributed by atoms with Crippen molar-refractivity contribution in [1.29, 1.82) is 10.5 Å². The molecule has 0 aliphatic carbocycles. The van der Waals surface area contributed by atoms with Crippen LogP contribution in [0.5, 0.6) is 0 Å². The number of hydrogen-bond donors (Lipinski definition) is 1. The Kier molecular flexibility index (Phi) is 6.24. The Morgan fingerprint density at radius 1 is 1.28 bits per heavy atom. The Hall–Kier alpha value is -2.11. The van der Waals surface area contributed by atoms with E-state index in [4.69, 9.17) is 10.5 Å². The molecule has 0 atom stereocenters. The fourth-order valence-corrected chi connectivity index (χ4v) is 1.50. The summed E-state index contributed by atoms with van der Waals surface area (Å²) in [5.41, 5.74) is 1.00. The lowest BCUT2D eigenvalue weighted by Crippen LogP contribution is -2.23. The van der Waals surface area contributed by atoms with Gasteiger partial charge in [0.1, 0.15) is 5.82 Å². The SMILES string of the molecule is CCCNc1ccc(CN(CC#N)CC#N)cn1. The zero-order valence-corrected chi connectivity index (χ0v) is 10.6. The second-order valence-electron chi connectivity index (χ2n) is 3.94. The molecule has 1 heterocycles. The van der Waals surface area contributed by atoms with E-state index in [2.05, 4.69) is 29.4 Å². The average Bonchev–Trinajstić information content (AvgIpc) is 2.38. The number of nitrogens with zero attached hydrogens (tertiary/aromatic N) is 4. The quantitative estimate of drug-likeness (QED) is 0.738. The molecule has 0 unspecified atom stereocenters. The summed E-state index contributed by atoms with van der Waals surface area (Å²) in [5, 5.41) is 20.5. The summed E-state index contributed by atoms with van der Waals surface area (Å²) in [4.78, 5) is 6.06. The van der Waals surface area contributed by atoms with Crippen LogP contribution in [0.25, 0.3) is 0 Å². The molecule has 0 aromatic carbocycles. The van der Waals surface area contributed by atoms with E-state index >= 15 is 0 Å². The summed E-state index contributed by atoms with van der Waals surface area (Å²) in [6.07, 6.45) is 2.83. The Bertz CT molecular complexity index is 410. The van der Waals surface area contributed by atoms with Crippen LogP contribution >= 0.6 is 0 Å². The van der Waals surface area contributed by atoms with Crippen molar-refractivity contribution >= 4 is 5.82 Å². The zero-order valence-electron chi connectivity index (χ0n) is 10.6. The lowest BCUT2D eigenvalue weighted by Gasteiger charge is -2.15. The van der Waals surface area contributed by atoms with Crippen LogP contribution in [0.1, 0.15) is 18.9 Å². The molecule has 0 radical (unpaired) electrons. The van der Waals surface area contributed by atoms with E-state index < -0.39 is 0 Å². The Morgan fingerprint density at radius 3 is 2.50 bits per heavy atom. The fraction of sp³-hybridized carbons (Fsp3) is 0.462. The van der Waals surface area contributed by atoms with Gasteiger partial charge in [0.15, 0.2) is 0 Å². The van der Waals surface area contributed by atoms with Crippen LogP contribution < -0.4 is 5.32 Å². The van der Waals surface area contributed by atoms with Gasteiger partial charge < -0.3 is 5.32 Å². The molecule has 1 aromatic heterocycles. The number of pyridine rings is 1. The van der Waals surface area contributed by atoms with E-state index in [1.54, 1.807) is 11.1 Å². The standard InChI is InChI=1S/C13H17N5/c1-2-7-16-13-4-3-12(10-17-13)11-18(8-5-14)9-6-15/h3-4,10H,2,7-9,11H2,1H3,(H,16,17). The molecule has 5 nitrogen and oxygen atoms in total. The topological polar surface area (TPSA) is 75.7 Å². The van der Waals surface area contributed by atoms with E-state index in [0.29, 0.717) is 6.54 Å². The van der Waals surface area contributed by atoms with E-state index in [1.165, 1.54) is 0 Å². The van der Waals surface area contributed by atoms with Crippen molar-refractivity contribution in [3.63, 3.8) is 0 Å². The van der Waals surface area contributed by atoms with Crippen LogP contribution in [0, 0.1) is 22.7 Å². The van der Waals surface area contributed by atoms with Crippen molar-refractivity contribution in [3.8, 4) is 12.1 Å². The van der Waals surface area contributed by atoms with Gasteiger partial charge in [-0.1, -0.05) is 13.0 Å². The molecule has 0 aliphatic heterocycles. The maximum Gasteiger partial charge on any atom is 0.125 e. The van der Waals surface area contributed by atoms with Gasteiger partial charge in [-0.2, -0.15) is 10.5 Å². The maximum atomic E-state index is 8.66. The second kappa shape index (κ2) is 8.05. The summed E-state index contributed by atoms with van der Waals surface area (Å²) in [6.45, 7) is 4.08. The molecule has 0 saturated heterocycles. The first kappa shape index (κ1) is 14.0. The number of nitrogens with one attached hydrogen (secondary N) is 1. The summed E-state index contributed by atoms with van der Waals surface area (Å²) >= 11 is 0. The monoisotopic (exact) mass is 243 g/mol.